The zero-order chi connectivity index (χ0) is 21.9. The molecule has 1 unspecified atom stereocenters. The summed E-state index contributed by atoms with van der Waals surface area (Å²) in [6.45, 7) is 5.44. The molecule has 158 valence electrons. The first-order chi connectivity index (χ1) is 13.8. The molecule has 0 bridgehead atoms. The van der Waals surface area contributed by atoms with E-state index in [9.17, 15) is 13.2 Å². The third-order valence-electron chi connectivity index (χ3n) is 3.86. The smallest absolute Gasteiger partial charge is 0.262 e. The maximum absolute atomic E-state index is 13.3. The third-order valence-corrected chi connectivity index (χ3v) is 5.71. The molecule has 0 aliphatic rings. The topological polar surface area (TPSA) is 108 Å². The number of nitrogens with one attached hydrogen (secondary N) is 2. The molecular formula is C20H27N3O5S. The molecule has 29 heavy (non-hydrogen) atoms. The fraction of sp³-hybridized carbons (Fsp3) is 0.450. The van der Waals surface area contributed by atoms with E-state index in [4.69, 9.17) is 9.94 Å². The van der Waals surface area contributed by atoms with Gasteiger partial charge in [-0.15, -0.1) is 5.92 Å². The molecule has 1 atom stereocenters. The lowest BCUT2D eigenvalue weighted by atomic mass is 10.0. The van der Waals surface area contributed by atoms with E-state index in [2.05, 4.69) is 29.0 Å². The number of nitrogens with zero attached hydrogens (tertiary/aromatic N) is 1. The predicted molar refractivity (Wildman–Crippen MR) is 110 cm³/mol. The molecular weight excluding hydrogens is 394 g/mol. The van der Waals surface area contributed by atoms with Crippen LogP contribution >= 0.6 is 0 Å². The molecule has 0 saturated carbocycles. The molecule has 3 N–H and O–H groups in total. The first kappa shape index (κ1) is 24.5. The number of sulfonamides is 1. The third kappa shape index (κ3) is 7.08. The van der Waals surface area contributed by atoms with Crippen LogP contribution < -0.4 is 15.5 Å². The van der Waals surface area contributed by atoms with E-state index < -0.39 is 27.9 Å². The molecule has 0 aliphatic heterocycles. The highest BCUT2D eigenvalue weighted by Crippen LogP contribution is 2.24. The highest BCUT2D eigenvalue weighted by atomic mass is 32.2. The van der Waals surface area contributed by atoms with Gasteiger partial charge in [-0.25, -0.2) is 13.9 Å². The summed E-state index contributed by atoms with van der Waals surface area (Å²) >= 11 is 0. The normalized spacial score (nSPS) is 11.8. The maximum Gasteiger partial charge on any atom is 0.262 e. The fourth-order valence-electron chi connectivity index (χ4n) is 2.48. The van der Waals surface area contributed by atoms with Crippen molar-refractivity contribution in [3.05, 3.63) is 24.3 Å². The van der Waals surface area contributed by atoms with Crippen LogP contribution in [0.3, 0.4) is 0 Å². The Balaban J connectivity index is 3.27. The summed E-state index contributed by atoms with van der Waals surface area (Å²) in [6, 6.07) is 4.69. The number of hydrogen-bond donors (Lipinski definition) is 3. The second kappa shape index (κ2) is 12.1. The van der Waals surface area contributed by atoms with Crippen molar-refractivity contribution in [1.82, 2.24) is 15.1 Å². The summed E-state index contributed by atoms with van der Waals surface area (Å²) in [5, 5.41) is 11.9. The minimum absolute atomic E-state index is 0.0155. The molecule has 1 aromatic carbocycles. The highest BCUT2D eigenvalue weighted by Gasteiger charge is 2.37. The van der Waals surface area contributed by atoms with Crippen LogP contribution in [0.15, 0.2) is 29.2 Å². The van der Waals surface area contributed by atoms with Crippen LogP contribution in [-0.2, 0) is 14.8 Å². The average Bonchev–Trinajstić information content (AvgIpc) is 2.70. The van der Waals surface area contributed by atoms with E-state index in [-0.39, 0.29) is 18.0 Å². The van der Waals surface area contributed by atoms with E-state index >= 15 is 0 Å². The van der Waals surface area contributed by atoms with Crippen molar-refractivity contribution in [3.8, 4) is 29.4 Å². The molecule has 8 nitrogen and oxygen atoms in total. The Morgan fingerprint density at radius 1 is 1.21 bits per heavy atom. The monoisotopic (exact) mass is 421 g/mol. The van der Waals surface area contributed by atoms with Crippen LogP contribution in [0.4, 0.5) is 0 Å². The minimum Gasteiger partial charge on any atom is -0.481 e. The Hall–Kier alpha value is -2.56. The molecule has 0 spiro atoms. The van der Waals surface area contributed by atoms with Gasteiger partial charge in [0, 0.05) is 0 Å². The molecule has 1 aromatic rings. The SMILES string of the molecule is CC#CCOc1ccc(S(=O)(=O)N(CC#CCNC)C(C(=O)NO)C(C)C)cc1. The molecule has 0 fully saturated rings. The second-order valence-electron chi connectivity index (χ2n) is 6.29. The quantitative estimate of drug-likeness (QED) is 0.310. The van der Waals surface area contributed by atoms with Crippen molar-refractivity contribution >= 4 is 15.9 Å². The lowest BCUT2D eigenvalue weighted by Gasteiger charge is -2.30. The summed E-state index contributed by atoms with van der Waals surface area (Å²) in [5.74, 6) is 10.2. The number of carbonyl (C=O) groups excluding carboxylic acids is 1. The second-order valence-corrected chi connectivity index (χ2v) is 8.18. The van der Waals surface area contributed by atoms with Crippen LogP contribution in [0.2, 0.25) is 0 Å². The summed E-state index contributed by atoms with van der Waals surface area (Å²) < 4.78 is 32.9. The van der Waals surface area contributed by atoms with Gasteiger partial charge in [0.1, 0.15) is 18.4 Å². The minimum atomic E-state index is -4.07. The number of hydrogen-bond acceptors (Lipinski definition) is 6. The van der Waals surface area contributed by atoms with Crippen LogP contribution in [0.25, 0.3) is 0 Å². The van der Waals surface area contributed by atoms with Gasteiger partial charge in [0.15, 0.2) is 0 Å². The molecule has 0 heterocycles. The number of benzene rings is 1. The van der Waals surface area contributed by atoms with Crippen LogP contribution in [-0.4, -0.2) is 56.6 Å². The highest BCUT2D eigenvalue weighted by molar-refractivity contribution is 7.89. The molecule has 0 saturated heterocycles. The lowest BCUT2D eigenvalue weighted by Crippen LogP contribution is -2.51. The molecule has 0 aromatic heterocycles. The van der Waals surface area contributed by atoms with Gasteiger partial charge >= 0.3 is 0 Å². The van der Waals surface area contributed by atoms with Gasteiger partial charge in [0.2, 0.25) is 10.0 Å². The van der Waals surface area contributed by atoms with Crippen molar-refractivity contribution in [3.63, 3.8) is 0 Å². The Morgan fingerprint density at radius 3 is 2.38 bits per heavy atom. The van der Waals surface area contributed by atoms with Crippen molar-refractivity contribution in [2.75, 3.05) is 26.7 Å². The van der Waals surface area contributed by atoms with Crippen molar-refractivity contribution in [2.45, 2.75) is 31.7 Å². The number of amides is 1. The van der Waals surface area contributed by atoms with Gasteiger partial charge in [-0.3, -0.25) is 10.0 Å². The van der Waals surface area contributed by atoms with Gasteiger partial charge < -0.3 is 10.1 Å². The van der Waals surface area contributed by atoms with E-state index in [1.165, 1.54) is 24.3 Å². The van der Waals surface area contributed by atoms with Gasteiger partial charge in [-0.1, -0.05) is 31.6 Å². The predicted octanol–water partition coefficient (Wildman–Crippen LogP) is 0.832. The van der Waals surface area contributed by atoms with Crippen molar-refractivity contribution in [1.29, 1.82) is 0 Å². The zero-order valence-electron chi connectivity index (χ0n) is 17.0. The molecule has 9 heteroatoms. The van der Waals surface area contributed by atoms with E-state index in [1.54, 1.807) is 33.3 Å². The first-order valence-corrected chi connectivity index (χ1v) is 10.4. The van der Waals surface area contributed by atoms with Crippen LogP contribution in [0, 0.1) is 29.6 Å². The molecule has 1 rings (SSSR count). The largest absolute Gasteiger partial charge is 0.481 e. The average molecular weight is 422 g/mol. The Labute approximate surface area is 172 Å². The van der Waals surface area contributed by atoms with Crippen molar-refractivity contribution < 1.29 is 23.2 Å². The van der Waals surface area contributed by atoms with E-state index in [0.29, 0.717) is 12.3 Å². The van der Waals surface area contributed by atoms with Gasteiger partial charge in [0.25, 0.3) is 5.91 Å². The summed E-state index contributed by atoms with van der Waals surface area (Å²) in [6.07, 6.45) is 0. The number of hydroxylamine groups is 1. The molecule has 0 radical (unpaired) electrons. The van der Waals surface area contributed by atoms with E-state index in [0.717, 1.165) is 4.31 Å². The number of carbonyl (C=O) groups is 1. The Bertz CT molecular complexity index is 890. The van der Waals surface area contributed by atoms with Gasteiger partial charge in [0.05, 0.1) is 18.0 Å². The first-order valence-electron chi connectivity index (χ1n) is 8.98. The van der Waals surface area contributed by atoms with E-state index in [1.807, 2.05) is 0 Å². The summed E-state index contributed by atoms with van der Waals surface area (Å²) in [4.78, 5) is 12.2. The Kier molecular flexibility index (Phi) is 10.2. The fourth-order valence-corrected chi connectivity index (χ4v) is 4.11. The van der Waals surface area contributed by atoms with Gasteiger partial charge in [-0.2, -0.15) is 4.31 Å². The standard InChI is InChI=1S/C20H27N3O5S/c1-5-6-15-28-17-9-11-18(12-10-17)29(26,27)23(14-8-7-13-21-4)19(16(2)3)20(24)22-25/h9-12,16,19,21,25H,13-15H2,1-4H3,(H,22,24). The number of ether oxygens (including phenoxy) is 1. The van der Waals surface area contributed by atoms with Crippen LogP contribution in [0.5, 0.6) is 5.75 Å². The summed E-state index contributed by atoms with van der Waals surface area (Å²) in [5.41, 5.74) is 1.55. The lowest BCUT2D eigenvalue weighted by molar-refractivity contribution is -0.134. The van der Waals surface area contributed by atoms with Gasteiger partial charge in [-0.05, 0) is 44.2 Å². The molecule has 1 amide bonds. The van der Waals surface area contributed by atoms with Crippen LogP contribution in [0.1, 0.15) is 20.8 Å². The Morgan fingerprint density at radius 2 is 1.86 bits per heavy atom. The van der Waals surface area contributed by atoms with Crippen molar-refractivity contribution in [2.24, 2.45) is 5.92 Å². The zero-order valence-corrected chi connectivity index (χ0v) is 17.8. The number of rotatable bonds is 9. The molecule has 0 aliphatic carbocycles. The maximum atomic E-state index is 13.3. The summed E-state index contributed by atoms with van der Waals surface area (Å²) in [7, 11) is -2.36.